The lowest BCUT2D eigenvalue weighted by Crippen LogP contribution is -2.10. The summed E-state index contributed by atoms with van der Waals surface area (Å²) in [7, 11) is 0. The molecule has 0 saturated carbocycles. The topological polar surface area (TPSA) is 73.2 Å². The Labute approximate surface area is 120 Å². The van der Waals surface area contributed by atoms with Crippen LogP contribution < -0.4 is 15.2 Å². The van der Waals surface area contributed by atoms with E-state index in [0.29, 0.717) is 42.4 Å². The number of nitrogens with two attached hydrogens (primary N) is 1. The molecule has 0 aliphatic carbocycles. The minimum absolute atomic E-state index is 0.157. The first-order chi connectivity index (χ1) is 9.95. The molecule has 2 aromatic rings. The second kappa shape index (κ2) is 4.91. The number of H-pyrrole nitrogens is 1. The fraction of sp³-hybridized carbons (Fsp3) is 0.357. The van der Waals surface area contributed by atoms with Crippen LogP contribution in [0.4, 0.5) is 14.6 Å². The Bertz CT molecular complexity index is 665. The molecule has 1 aliphatic rings. The molecule has 3 rings (SSSR count). The van der Waals surface area contributed by atoms with Crippen LogP contribution in [0.1, 0.15) is 18.9 Å². The Morgan fingerprint density at radius 3 is 2.43 bits per heavy atom. The van der Waals surface area contributed by atoms with E-state index in [2.05, 4.69) is 10.2 Å². The van der Waals surface area contributed by atoms with Crippen molar-refractivity contribution in [2.24, 2.45) is 0 Å². The molecule has 5 nitrogen and oxygen atoms in total. The highest BCUT2D eigenvalue weighted by molar-refractivity contribution is 5.71. The zero-order chi connectivity index (χ0) is 15.0. The number of hydrogen-bond acceptors (Lipinski definition) is 4. The summed E-state index contributed by atoms with van der Waals surface area (Å²) in [5, 5.41) is 6.43. The summed E-state index contributed by atoms with van der Waals surface area (Å²) in [5.41, 5.74) is 6.11. The number of anilines is 1. The van der Waals surface area contributed by atoms with Crippen molar-refractivity contribution in [2.75, 3.05) is 18.9 Å². The number of nitrogens with one attached hydrogen (secondary N) is 1. The predicted octanol–water partition coefficient (Wildman–Crippen LogP) is 2.93. The quantitative estimate of drug-likeness (QED) is 0.893. The number of alkyl halides is 2. The Balaban J connectivity index is 2.18. The van der Waals surface area contributed by atoms with E-state index in [4.69, 9.17) is 15.2 Å². The van der Waals surface area contributed by atoms with Crippen LogP contribution in [0.15, 0.2) is 18.2 Å². The van der Waals surface area contributed by atoms with Crippen LogP contribution in [0, 0.1) is 0 Å². The van der Waals surface area contributed by atoms with Crippen LogP contribution in [-0.2, 0) is 5.92 Å². The number of rotatable bonds is 2. The van der Waals surface area contributed by atoms with E-state index in [1.807, 2.05) is 0 Å². The lowest BCUT2D eigenvalue weighted by Gasteiger charge is -2.18. The average molecular weight is 295 g/mol. The third-order valence-corrected chi connectivity index (χ3v) is 3.25. The first-order valence-electron chi connectivity index (χ1n) is 6.58. The van der Waals surface area contributed by atoms with Crippen molar-refractivity contribution >= 4 is 5.82 Å². The molecule has 3 N–H and O–H groups in total. The minimum atomic E-state index is -3.03. The van der Waals surface area contributed by atoms with Gasteiger partial charge in [0.2, 0.25) is 0 Å². The molecule has 0 amide bonds. The SMILES string of the molecule is CC(F)(F)c1cc2c(cc1-c1cc(N)n[nH]1)OCCCO2. The number of fused-ring (bicyclic) bond motifs is 1. The van der Waals surface area contributed by atoms with Gasteiger partial charge in [-0.05, 0) is 12.1 Å². The lowest BCUT2D eigenvalue weighted by atomic mass is 9.99. The summed E-state index contributed by atoms with van der Waals surface area (Å²) in [6, 6.07) is 4.38. The molecule has 21 heavy (non-hydrogen) atoms. The molecule has 1 aromatic carbocycles. The van der Waals surface area contributed by atoms with Gasteiger partial charge in [-0.15, -0.1) is 0 Å². The van der Waals surface area contributed by atoms with Crippen molar-refractivity contribution in [3.8, 4) is 22.8 Å². The van der Waals surface area contributed by atoms with Gasteiger partial charge in [-0.25, -0.2) is 8.78 Å². The molecule has 0 atom stereocenters. The van der Waals surface area contributed by atoms with E-state index < -0.39 is 5.92 Å². The molecule has 0 bridgehead atoms. The van der Waals surface area contributed by atoms with Crippen molar-refractivity contribution in [1.29, 1.82) is 0 Å². The van der Waals surface area contributed by atoms with Crippen molar-refractivity contribution in [3.05, 3.63) is 23.8 Å². The average Bonchev–Trinajstić information content (AvgIpc) is 2.71. The van der Waals surface area contributed by atoms with Crippen LogP contribution >= 0.6 is 0 Å². The van der Waals surface area contributed by atoms with Crippen molar-refractivity contribution < 1.29 is 18.3 Å². The van der Waals surface area contributed by atoms with Gasteiger partial charge >= 0.3 is 0 Å². The maximum atomic E-state index is 13.9. The first kappa shape index (κ1) is 13.7. The van der Waals surface area contributed by atoms with E-state index in [1.165, 1.54) is 12.1 Å². The van der Waals surface area contributed by atoms with Gasteiger partial charge in [-0.3, -0.25) is 5.10 Å². The number of hydrogen-bond donors (Lipinski definition) is 2. The Morgan fingerprint density at radius 2 is 1.86 bits per heavy atom. The second-order valence-electron chi connectivity index (χ2n) is 4.99. The summed E-state index contributed by atoms with van der Waals surface area (Å²) in [4.78, 5) is 0. The maximum Gasteiger partial charge on any atom is 0.271 e. The number of halogens is 2. The summed E-state index contributed by atoms with van der Waals surface area (Å²) in [6.07, 6.45) is 0.707. The fourth-order valence-electron chi connectivity index (χ4n) is 2.27. The second-order valence-corrected chi connectivity index (χ2v) is 4.99. The first-order valence-corrected chi connectivity index (χ1v) is 6.58. The minimum Gasteiger partial charge on any atom is -0.490 e. The highest BCUT2D eigenvalue weighted by atomic mass is 19.3. The highest BCUT2D eigenvalue weighted by Crippen LogP contribution is 2.42. The summed E-state index contributed by atoms with van der Waals surface area (Å²) >= 11 is 0. The number of nitrogen functional groups attached to an aromatic ring is 1. The molecule has 0 radical (unpaired) electrons. The molecule has 7 heteroatoms. The van der Waals surface area contributed by atoms with Gasteiger partial charge in [0, 0.05) is 30.5 Å². The molecule has 0 fully saturated rings. The molecule has 1 aliphatic heterocycles. The molecule has 1 aromatic heterocycles. The third kappa shape index (κ3) is 2.63. The van der Waals surface area contributed by atoms with Crippen LogP contribution in [0.3, 0.4) is 0 Å². The zero-order valence-corrected chi connectivity index (χ0v) is 11.5. The lowest BCUT2D eigenvalue weighted by molar-refractivity contribution is 0.0178. The van der Waals surface area contributed by atoms with Gasteiger partial charge < -0.3 is 15.2 Å². The van der Waals surface area contributed by atoms with Crippen LogP contribution in [0.25, 0.3) is 11.3 Å². The molecule has 0 spiro atoms. The summed E-state index contributed by atoms with van der Waals surface area (Å²) in [5.74, 6) is -2.01. The van der Waals surface area contributed by atoms with Gasteiger partial charge in [0.05, 0.1) is 18.9 Å². The van der Waals surface area contributed by atoms with E-state index in [9.17, 15) is 8.78 Å². The fourth-order valence-corrected chi connectivity index (χ4v) is 2.27. The van der Waals surface area contributed by atoms with E-state index >= 15 is 0 Å². The molecular formula is C14H15F2N3O2. The molecule has 0 unspecified atom stereocenters. The Hall–Kier alpha value is -2.31. The smallest absolute Gasteiger partial charge is 0.271 e. The van der Waals surface area contributed by atoms with Gasteiger partial charge in [0.25, 0.3) is 5.92 Å². The number of nitrogens with zero attached hydrogens (tertiary/aromatic N) is 1. The van der Waals surface area contributed by atoms with Crippen molar-refractivity contribution in [2.45, 2.75) is 19.3 Å². The van der Waals surface area contributed by atoms with E-state index in [0.717, 1.165) is 6.92 Å². The predicted molar refractivity (Wildman–Crippen MR) is 73.6 cm³/mol. The van der Waals surface area contributed by atoms with Gasteiger partial charge in [-0.2, -0.15) is 5.10 Å². The van der Waals surface area contributed by atoms with Gasteiger partial charge in [0.15, 0.2) is 11.5 Å². The van der Waals surface area contributed by atoms with Crippen molar-refractivity contribution in [3.63, 3.8) is 0 Å². The number of ether oxygens (including phenoxy) is 2. The maximum absolute atomic E-state index is 13.9. The van der Waals surface area contributed by atoms with E-state index in [1.54, 1.807) is 6.07 Å². The van der Waals surface area contributed by atoms with Crippen LogP contribution in [0.5, 0.6) is 11.5 Å². The number of aromatic amines is 1. The highest BCUT2D eigenvalue weighted by Gasteiger charge is 2.31. The molecular weight excluding hydrogens is 280 g/mol. The summed E-state index contributed by atoms with van der Waals surface area (Å²) < 4.78 is 38.9. The van der Waals surface area contributed by atoms with Gasteiger partial charge in [0.1, 0.15) is 5.82 Å². The monoisotopic (exact) mass is 295 g/mol. The van der Waals surface area contributed by atoms with Crippen molar-refractivity contribution in [1.82, 2.24) is 10.2 Å². The third-order valence-electron chi connectivity index (χ3n) is 3.25. The van der Waals surface area contributed by atoms with Crippen LogP contribution in [0.2, 0.25) is 0 Å². The van der Waals surface area contributed by atoms with Gasteiger partial charge in [-0.1, -0.05) is 0 Å². The number of benzene rings is 1. The number of aromatic nitrogens is 2. The Morgan fingerprint density at radius 1 is 1.19 bits per heavy atom. The largest absolute Gasteiger partial charge is 0.490 e. The normalized spacial score (nSPS) is 14.8. The van der Waals surface area contributed by atoms with E-state index in [-0.39, 0.29) is 11.4 Å². The molecule has 2 heterocycles. The Kier molecular flexibility index (Phi) is 3.19. The summed E-state index contributed by atoms with van der Waals surface area (Å²) in [6.45, 7) is 1.77. The standard InChI is InChI=1S/C14H15F2N3O2/c1-14(15,16)9-6-12-11(20-3-2-4-21-12)5-8(9)10-7-13(17)19-18-10/h5-7H,2-4H2,1H3,(H3,17,18,19). The molecule has 0 saturated heterocycles. The zero-order valence-electron chi connectivity index (χ0n) is 11.5. The van der Waals surface area contributed by atoms with Crippen LogP contribution in [-0.4, -0.2) is 23.4 Å². The molecule has 112 valence electrons.